The average Bonchev–Trinajstić information content (AvgIpc) is 2.59. The number of amides is 1. The second-order valence-corrected chi connectivity index (χ2v) is 5.65. The zero-order valence-corrected chi connectivity index (χ0v) is 13.3. The van der Waals surface area contributed by atoms with E-state index in [1.165, 1.54) is 0 Å². The van der Waals surface area contributed by atoms with Gasteiger partial charge >= 0.3 is 0 Å². The first-order valence-electron chi connectivity index (χ1n) is 7.57. The number of benzene rings is 2. The molecule has 0 aliphatic carbocycles. The minimum absolute atomic E-state index is 0.113. The topological polar surface area (TPSA) is 50.8 Å². The molecule has 0 radical (unpaired) electrons. The second kappa shape index (κ2) is 6.60. The third kappa shape index (κ3) is 3.56. The van der Waals surface area contributed by atoms with E-state index in [0.29, 0.717) is 24.5 Å². The molecule has 2 aromatic rings. The van der Waals surface area contributed by atoms with Crippen LogP contribution in [0.4, 0.5) is 5.69 Å². The summed E-state index contributed by atoms with van der Waals surface area (Å²) in [6, 6.07) is 15.0. The van der Waals surface area contributed by atoms with Gasteiger partial charge in [0.05, 0.1) is 6.54 Å². The van der Waals surface area contributed by atoms with Crippen molar-refractivity contribution in [3.63, 3.8) is 0 Å². The van der Waals surface area contributed by atoms with Gasteiger partial charge in [0, 0.05) is 25.3 Å². The fourth-order valence-corrected chi connectivity index (χ4v) is 2.38. The van der Waals surface area contributed by atoms with Crippen LogP contribution in [-0.4, -0.2) is 39.3 Å². The Labute approximate surface area is 135 Å². The lowest BCUT2D eigenvalue weighted by atomic mass is 10.2. The van der Waals surface area contributed by atoms with Gasteiger partial charge in [0.25, 0.3) is 5.91 Å². The van der Waals surface area contributed by atoms with Crippen LogP contribution in [0.2, 0.25) is 0 Å². The highest BCUT2D eigenvalue weighted by Gasteiger charge is 2.21. The zero-order chi connectivity index (χ0) is 16.2. The van der Waals surface area contributed by atoms with Gasteiger partial charge in [-0.1, -0.05) is 12.1 Å². The van der Waals surface area contributed by atoms with Crippen molar-refractivity contribution < 1.29 is 14.3 Å². The standard InChI is InChI=1S/C18H20N2O3/c1-20(2)14-9-7-13(8-10-14)18(21)19-11-15-12-22-16-5-3-4-6-17(16)23-15/h3-10,15H,11-12H2,1-2H3,(H,19,21). The van der Waals surface area contributed by atoms with Crippen molar-refractivity contribution in [3.05, 3.63) is 54.1 Å². The molecule has 1 aliphatic heterocycles. The minimum atomic E-state index is -0.185. The molecular weight excluding hydrogens is 292 g/mol. The number of hydrogen-bond acceptors (Lipinski definition) is 4. The highest BCUT2D eigenvalue weighted by Crippen LogP contribution is 2.30. The van der Waals surface area contributed by atoms with Crippen LogP contribution in [0.3, 0.4) is 0 Å². The number of rotatable bonds is 4. The van der Waals surface area contributed by atoms with E-state index < -0.39 is 0 Å². The number of nitrogens with one attached hydrogen (secondary N) is 1. The van der Waals surface area contributed by atoms with Crippen molar-refractivity contribution in [1.82, 2.24) is 5.32 Å². The Balaban J connectivity index is 1.55. The summed E-state index contributed by atoms with van der Waals surface area (Å²) in [4.78, 5) is 14.2. The van der Waals surface area contributed by atoms with Gasteiger partial charge in [-0.2, -0.15) is 0 Å². The van der Waals surface area contributed by atoms with E-state index in [0.717, 1.165) is 11.4 Å². The summed E-state index contributed by atoms with van der Waals surface area (Å²) in [7, 11) is 3.93. The van der Waals surface area contributed by atoms with Gasteiger partial charge in [-0.15, -0.1) is 0 Å². The van der Waals surface area contributed by atoms with Crippen LogP contribution in [-0.2, 0) is 0 Å². The van der Waals surface area contributed by atoms with Crippen molar-refractivity contribution in [2.75, 3.05) is 32.1 Å². The summed E-state index contributed by atoms with van der Waals surface area (Å²) < 4.78 is 11.5. The SMILES string of the molecule is CN(C)c1ccc(C(=O)NCC2COc3ccccc3O2)cc1. The molecule has 1 N–H and O–H groups in total. The highest BCUT2D eigenvalue weighted by molar-refractivity contribution is 5.94. The summed E-state index contributed by atoms with van der Waals surface area (Å²) >= 11 is 0. The maximum Gasteiger partial charge on any atom is 0.251 e. The maximum atomic E-state index is 12.2. The van der Waals surface area contributed by atoms with Crippen molar-refractivity contribution in [1.29, 1.82) is 0 Å². The van der Waals surface area contributed by atoms with Gasteiger partial charge < -0.3 is 19.7 Å². The number of nitrogens with zero attached hydrogens (tertiary/aromatic N) is 1. The molecule has 0 fully saturated rings. The Morgan fingerprint density at radius 3 is 2.52 bits per heavy atom. The molecule has 1 aliphatic rings. The molecule has 0 saturated heterocycles. The third-order valence-corrected chi connectivity index (χ3v) is 3.70. The first kappa shape index (κ1) is 15.2. The molecule has 1 atom stereocenters. The molecule has 0 saturated carbocycles. The largest absolute Gasteiger partial charge is 0.486 e. The summed E-state index contributed by atoms with van der Waals surface area (Å²) in [6.45, 7) is 0.833. The Morgan fingerprint density at radius 2 is 1.83 bits per heavy atom. The molecular formula is C18H20N2O3. The fourth-order valence-electron chi connectivity index (χ4n) is 2.38. The molecule has 1 amide bonds. The number of anilines is 1. The van der Waals surface area contributed by atoms with Crippen LogP contribution < -0.4 is 19.7 Å². The molecule has 1 unspecified atom stereocenters. The van der Waals surface area contributed by atoms with Crippen LogP contribution in [0.25, 0.3) is 0 Å². The van der Waals surface area contributed by atoms with Gasteiger partial charge in [-0.25, -0.2) is 0 Å². The summed E-state index contributed by atoms with van der Waals surface area (Å²) in [5.41, 5.74) is 1.69. The molecule has 23 heavy (non-hydrogen) atoms. The molecule has 5 heteroatoms. The number of carbonyl (C=O) groups excluding carboxylic acids is 1. The van der Waals surface area contributed by atoms with Gasteiger partial charge in [0.15, 0.2) is 11.5 Å². The van der Waals surface area contributed by atoms with Crippen LogP contribution in [0, 0.1) is 0 Å². The minimum Gasteiger partial charge on any atom is -0.486 e. The Kier molecular flexibility index (Phi) is 4.37. The van der Waals surface area contributed by atoms with E-state index in [4.69, 9.17) is 9.47 Å². The number of para-hydroxylation sites is 2. The lowest BCUT2D eigenvalue weighted by molar-refractivity contribution is 0.0789. The maximum absolute atomic E-state index is 12.2. The molecule has 0 aromatic heterocycles. The molecule has 0 spiro atoms. The summed E-state index contributed by atoms with van der Waals surface area (Å²) in [5.74, 6) is 1.35. The van der Waals surface area contributed by atoms with E-state index in [9.17, 15) is 4.79 Å². The number of ether oxygens (including phenoxy) is 2. The van der Waals surface area contributed by atoms with Crippen LogP contribution >= 0.6 is 0 Å². The van der Waals surface area contributed by atoms with Gasteiger partial charge in [0.1, 0.15) is 12.7 Å². The van der Waals surface area contributed by atoms with Crippen molar-refractivity contribution in [3.8, 4) is 11.5 Å². The van der Waals surface area contributed by atoms with Gasteiger partial charge in [0.2, 0.25) is 0 Å². The molecule has 120 valence electrons. The molecule has 1 heterocycles. The fraction of sp³-hybridized carbons (Fsp3) is 0.278. The third-order valence-electron chi connectivity index (χ3n) is 3.70. The van der Waals surface area contributed by atoms with E-state index in [2.05, 4.69) is 5.32 Å². The number of hydrogen-bond donors (Lipinski definition) is 1. The predicted octanol–water partition coefficient (Wildman–Crippen LogP) is 2.32. The second-order valence-electron chi connectivity index (χ2n) is 5.65. The van der Waals surface area contributed by atoms with E-state index in [-0.39, 0.29) is 12.0 Å². The molecule has 0 bridgehead atoms. The molecule has 5 nitrogen and oxygen atoms in total. The summed E-state index contributed by atoms with van der Waals surface area (Å²) in [6.07, 6.45) is -0.185. The van der Waals surface area contributed by atoms with Gasteiger partial charge in [-0.3, -0.25) is 4.79 Å². The lowest BCUT2D eigenvalue weighted by Crippen LogP contribution is -2.40. The first-order chi connectivity index (χ1) is 11.1. The molecule has 3 rings (SSSR count). The Morgan fingerprint density at radius 1 is 1.13 bits per heavy atom. The highest BCUT2D eigenvalue weighted by atomic mass is 16.6. The number of carbonyl (C=O) groups is 1. The molecule has 2 aromatic carbocycles. The summed E-state index contributed by atoms with van der Waals surface area (Å²) in [5, 5.41) is 2.89. The Hall–Kier alpha value is -2.69. The van der Waals surface area contributed by atoms with Crippen molar-refractivity contribution in [2.45, 2.75) is 6.10 Å². The average molecular weight is 312 g/mol. The van der Waals surface area contributed by atoms with Crippen molar-refractivity contribution in [2.24, 2.45) is 0 Å². The number of fused-ring (bicyclic) bond motifs is 1. The van der Waals surface area contributed by atoms with Crippen LogP contribution in [0.15, 0.2) is 48.5 Å². The smallest absolute Gasteiger partial charge is 0.251 e. The van der Waals surface area contributed by atoms with Crippen molar-refractivity contribution >= 4 is 11.6 Å². The lowest BCUT2D eigenvalue weighted by Gasteiger charge is -2.26. The monoisotopic (exact) mass is 312 g/mol. The zero-order valence-electron chi connectivity index (χ0n) is 13.3. The Bertz CT molecular complexity index is 683. The van der Waals surface area contributed by atoms with Crippen LogP contribution in [0.5, 0.6) is 11.5 Å². The predicted molar refractivity (Wildman–Crippen MR) is 89.5 cm³/mol. The first-order valence-corrected chi connectivity index (χ1v) is 7.57. The normalized spacial score (nSPS) is 15.8. The van der Waals surface area contributed by atoms with E-state index >= 15 is 0 Å². The quantitative estimate of drug-likeness (QED) is 0.941. The van der Waals surface area contributed by atoms with Crippen LogP contribution in [0.1, 0.15) is 10.4 Å². The van der Waals surface area contributed by atoms with Gasteiger partial charge in [-0.05, 0) is 36.4 Å². The van der Waals surface area contributed by atoms with E-state index in [1.54, 1.807) is 0 Å². The van der Waals surface area contributed by atoms with E-state index in [1.807, 2.05) is 67.5 Å².